The van der Waals surface area contributed by atoms with Gasteiger partial charge in [-0.3, -0.25) is 9.59 Å². The van der Waals surface area contributed by atoms with Crippen LogP contribution in [0.1, 0.15) is 5.56 Å². The maximum atomic E-state index is 11.3. The molecule has 8 heteroatoms. The Morgan fingerprint density at radius 2 is 1.91 bits per heavy atom. The highest BCUT2D eigenvalue weighted by Gasteiger charge is 2.18. The summed E-state index contributed by atoms with van der Waals surface area (Å²) in [4.78, 5) is 33.3. The Hall–Kier alpha value is -2.61. The minimum Gasteiger partial charge on any atom is -0.482 e. The molecule has 8 nitrogen and oxygen atoms in total. The van der Waals surface area contributed by atoms with Crippen molar-refractivity contribution in [3.63, 3.8) is 0 Å². The molecule has 0 aliphatic carbocycles. The minimum atomic E-state index is -0.915. The van der Waals surface area contributed by atoms with Gasteiger partial charge in [0.25, 0.3) is 0 Å². The normalized spacial score (nSPS) is 11.4. The van der Waals surface area contributed by atoms with Crippen molar-refractivity contribution in [2.24, 2.45) is 5.73 Å². The average Bonchev–Trinajstić information content (AvgIpc) is 2.52. The highest BCUT2D eigenvalue weighted by atomic mass is 16.6. The van der Waals surface area contributed by atoms with E-state index in [2.05, 4.69) is 10.1 Å². The van der Waals surface area contributed by atoms with E-state index in [-0.39, 0.29) is 13.0 Å². The number of benzene rings is 1. The Kier molecular flexibility index (Phi) is 6.84. The van der Waals surface area contributed by atoms with Gasteiger partial charge in [0.1, 0.15) is 18.4 Å². The lowest BCUT2D eigenvalue weighted by molar-refractivity contribution is -0.142. The van der Waals surface area contributed by atoms with Crippen molar-refractivity contribution >= 4 is 17.8 Å². The molecule has 0 radical (unpaired) electrons. The molecule has 0 bridgehead atoms. The summed E-state index contributed by atoms with van der Waals surface area (Å²) in [6.07, 6.45) is 0.179. The number of methoxy groups -OCH3 is 1. The van der Waals surface area contributed by atoms with E-state index in [9.17, 15) is 14.4 Å². The largest absolute Gasteiger partial charge is 0.482 e. The number of amides is 2. The monoisotopic (exact) mass is 310 g/mol. The van der Waals surface area contributed by atoms with Gasteiger partial charge in [0.05, 0.1) is 7.11 Å². The lowest BCUT2D eigenvalue weighted by Gasteiger charge is -2.15. The first-order chi connectivity index (χ1) is 10.5. The van der Waals surface area contributed by atoms with Crippen LogP contribution in [0.25, 0.3) is 0 Å². The fourth-order valence-corrected chi connectivity index (χ4v) is 1.62. The highest BCUT2D eigenvalue weighted by molar-refractivity contribution is 5.87. The van der Waals surface area contributed by atoms with Crippen LogP contribution < -0.4 is 15.8 Å². The molecule has 0 aliphatic rings. The molecule has 2 amide bonds. The molecule has 0 aromatic heterocycles. The third-order valence-corrected chi connectivity index (χ3v) is 2.77. The molecule has 22 heavy (non-hydrogen) atoms. The number of ether oxygens (including phenoxy) is 2. The van der Waals surface area contributed by atoms with Gasteiger partial charge < -0.3 is 25.6 Å². The second-order valence-electron chi connectivity index (χ2n) is 4.39. The lowest BCUT2D eigenvalue weighted by atomic mass is 10.1. The zero-order valence-corrected chi connectivity index (χ0v) is 12.1. The average molecular weight is 310 g/mol. The number of hydrogen-bond acceptors (Lipinski definition) is 6. The predicted octanol–water partition coefficient (Wildman–Crippen LogP) is -1.26. The second-order valence-corrected chi connectivity index (χ2v) is 4.39. The van der Waals surface area contributed by atoms with E-state index in [1.165, 1.54) is 7.11 Å². The fourth-order valence-electron chi connectivity index (χ4n) is 1.62. The van der Waals surface area contributed by atoms with Crippen LogP contribution in [0.5, 0.6) is 5.75 Å². The van der Waals surface area contributed by atoms with Crippen LogP contribution in [-0.2, 0) is 25.5 Å². The third-order valence-electron chi connectivity index (χ3n) is 2.77. The lowest BCUT2D eigenvalue weighted by Crippen LogP contribution is -2.46. The van der Waals surface area contributed by atoms with Crippen LogP contribution in [-0.4, -0.2) is 49.3 Å². The zero-order valence-electron chi connectivity index (χ0n) is 12.1. The van der Waals surface area contributed by atoms with Crippen LogP contribution in [0, 0.1) is 0 Å². The number of hydrogen-bond donors (Lipinski definition) is 3. The molecule has 120 valence electrons. The maximum Gasteiger partial charge on any atom is 0.343 e. The van der Waals surface area contributed by atoms with Crippen LogP contribution in [0.4, 0.5) is 0 Å². The summed E-state index contributed by atoms with van der Waals surface area (Å²) in [6, 6.07) is 5.66. The number of nitrogens with two attached hydrogens (primary N) is 1. The molecule has 0 fully saturated rings. The molecule has 1 unspecified atom stereocenters. The van der Waals surface area contributed by atoms with Gasteiger partial charge in [-0.1, -0.05) is 12.1 Å². The van der Waals surface area contributed by atoms with Crippen LogP contribution in [0.2, 0.25) is 0 Å². The van der Waals surface area contributed by atoms with Gasteiger partial charge in [0, 0.05) is 6.42 Å². The number of rotatable bonds is 8. The Labute approximate surface area is 127 Å². The van der Waals surface area contributed by atoms with E-state index in [1.54, 1.807) is 24.3 Å². The quantitative estimate of drug-likeness (QED) is 0.514. The van der Waals surface area contributed by atoms with Crippen molar-refractivity contribution in [3.8, 4) is 5.75 Å². The maximum absolute atomic E-state index is 11.3. The summed E-state index contributed by atoms with van der Waals surface area (Å²) in [5.41, 5.74) is 5.93. The van der Waals surface area contributed by atoms with Gasteiger partial charge >= 0.3 is 5.97 Å². The second kappa shape index (κ2) is 8.63. The summed E-state index contributed by atoms with van der Waals surface area (Å²) >= 11 is 0. The van der Waals surface area contributed by atoms with E-state index in [0.29, 0.717) is 5.75 Å². The topological polar surface area (TPSA) is 128 Å². The van der Waals surface area contributed by atoms with Gasteiger partial charge in [-0.05, 0) is 17.7 Å². The van der Waals surface area contributed by atoms with E-state index in [4.69, 9.17) is 15.6 Å². The molecule has 0 saturated heterocycles. The molecule has 0 heterocycles. The van der Waals surface area contributed by atoms with Gasteiger partial charge in [-0.2, -0.15) is 0 Å². The van der Waals surface area contributed by atoms with Crippen molar-refractivity contribution < 1.29 is 29.0 Å². The SMILES string of the molecule is COC(=O)COc1ccc(CC(NC(=O)CO)C(N)=O)cc1. The Morgan fingerprint density at radius 1 is 1.27 bits per heavy atom. The molecule has 1 aromatic rings. The van der Waals surface area contributed by atoms with E-state index in [1.807, 2.05) is 0 Å². The van der Waals surface area contributed by atoms with Gasteiger partial charge in [0.2, 0.25) is 11.8 Å². The van der Waals surface area contributed by atoms with Gasteiger partial charge in [-0.15, -0.1) is 0 Å². The molecule has 1 atom stereocenters. The van der Waals surface area contributed by atoms with E-state index < -0.39 is 30.4 Å². The summed E-state index contributed by atoms with van der Waals surface area (Å²) in [6.45, 7) is -0.920. The van der Waals surface area contributed by atoms with Crippen LogP contribution in [0.3, 0.4) is 0 Å². The van der Waals surface area contributed by atoms with E-state index in [0.717, 1.165) is 5.56 Å². The van der Waals surface area contributed by atoms with Crippen molar-refractivity contribution in [1.29, 1.82) is 0 Å². The molecular formula is C14H18N2O6. The number of primary amides is 1. The van der Waals surface area contributed by atoms with Gasteiger partial charge in [-0.25, -0.2) is 4.79 Å². The molecule has 0 saturated carbocycles. The van der Waals surface area contributed by atoms with Crippen molar-refractivity contribution in [1.82, 2.24) is 5.32 Å². The predicted molar refractivity (Wildman–Crippen MR) is 75.9 cm³/mol. The standard InChI is InChI=1S/C14H18N2O6/c1-21-13(19)8-22-10-4-2-9(3-5-10)6-11(14(15)20)16-12(18)7-17/h2-5,11,17H,6-8H2,1H3,(H2,15,20)(H,16,18). The number of esters is 1. The first-order valence-corrected chi connectivity index (χ1v) is 6.44. The van der Waals surface area contributed by atoms with E-state index >= 15 is 0 Å². The fraction of sp³-hybridized carbons (Fsp3) is 0.357. The number of nitrogens with one attached hydrogen (secondary N) is 1. The van der Waals surface area contributed by atoms with Crippen molar-refractivity contribution in [2.45, 2.75) is 12.5 Å². The summed E-state index contributed by atoms with van der Waals surface area (Å²) in [7, 11) is 1.26. The first kappa shape index (κ1) is 17.4. The number of aliphatic hydroxyl groups excluding tert-OH is 1. The van der Waals surface area contributed by atoms with Crippen molar-refractivity contribution in [3.05, 3.63) is 29.8 Å². The van der Waals surface area contributed by atoms with Crippen molar-refractivity contribution in [2.75, 3.05) is 20.3 Å². The molecule has 1 rings (SSSR count). The Bertz CT molecular complexity index is 529. The van der Waals surface area contributed by atoms with Gasteiger partial charge in [0.15, 0.2) is 6.61 Å². The Balaban J connectivity index is 2.62. The highest BCUT2D eigenvalue weighted by Crippen LogP contribution is 2.13. The zero-order chi connectivity index (χ0) is 16.5. The summed E-state index contributed by atoms with van der Waals surface area (Å²) in [5.74, 6) is -1.41. The van der Waals surface area contributed by atoms with Crippen LogP contribution >= 0.6 is 0 Å². The number of carbonyl (C=O) groups excluding carboxylic acids is 3. The third kappa shape index (κ3) is 5.80. The smallest absolute Gasteiger partial charge is 0.343 e. The molecule has 1 aromatic carbocycles. The molecule has 0 spiro atoms. The number of aliphatic hydroxyl groups is 1. The molecular weight excluding hydrogens is 292 g/mol. The first-order valence-electron chi connectivity index (χ1n) is 6.44. The summed E-state index contributed by atoms with van der Waals surface area (Å²) in [5, 5.41) is 11.0. The minimum absolute atomic E-state index is 0.179. The molecule has 4 N–H and O–H groups in total. The van der Waals surface area contributed by atoms with Crippen LogP contribution in [0.15, 0.2) is 24.3 Å². The number of carbonyl (C=O) groups is 3. The Morgan fingerprint density at radius 3 is 2.41 bits per heavy atom. The molecule has 0 aliphatic heterocycles. The summed E-state index contributed by atoms with van der Waals surface area (Å²) < 4.78 is 9.63.